The van der Waals surface area contributed by atoms with Crippen molar-refractivity contribution in [1.82, 2.24) is 5.32 Å². The number of benzene rings is 1. The van der Waals surface area contributed by atoms with Gasteiger partial charge in [-0.05, 0) is 41.9 Å². The maximum atomic E-state index is 11.9. The molecule has 0 heterocycles. The van der Waals surface area contributed by atoms with E-state index >= 15 is 0 Å². The fourth-order valence-corrected chi connectivity index (χ4v) is 2.82. The molecule has 0 saturated carbocycles. The summed E-state index contributed by atoms with van der Waals surface area (Å²) < 4.78 is 0. The first kappa shape index (κ1) is 14.1. The second kappa shape index (κ2) is 6.74. The monoisotopic (exact) mass is 259 g/mol. The summed E-state index contributed by atoms with van der Waals surface area (Å²) in [5.74, 6) is 0.772. The fraction of sp³-hybridized carbons (Fsp3) is 0.588. The predicted molar refractivity (Wildman–Crippen MR) is 79.3 cm³/mol. The Morgan fingerprint density at radius 3 is 2.68 bits per heavy atom. The van der Waals surface area contributed by atoms with Gasteiger partial charge in [-0.25, -0.2) is 0 Å². The number of aryl methyl sites for hydroxylation is 2. The number of fused-ring (bicyclic) bond motifs is 1. The Bertz CT molecular complexity index is 435. The quantitative estimate of drug-likeness (QED) is 0.834. The highest BCUT2D eigenvalue weighted by molar-refractivity contribution is 5.78. The molecular formula is C17H25NO. The molecule has 0 aromatic heterocycles. The molecule has 1 aromatic rings. The molecule has 0 fully saturated rings. The smallest absolute Gasteiger partial charge is 0.224 e. The second-order valence-corrected chi connectivity index (χ2v) is 5.62. The Morgan fingerprint density at radius 2 is 1.95 bits per heavy atom. The van der Waals surface area contributed by atoms with Crippen molar-refractivity contribution < 1.29 is 4.79 Å². The van der Waals surface area contributed by atoms with Crippen LogP contribution in [0.1, 0.15) is 49.8 Å². The number of carbonyl (C=O) groups excluding carboxylic acids is 1. The molecule has 2 rings (SSSR count). The largest absolute Gasteiger partial charge is 0.356 e. The molecule has 104 valence electrons. The van der Waals surface area contributed by atoms with Crippen LogP contribution in [0.5, 0.6) is 0 Å². The summed E-state index contributed by atoms with van der Waals surface area (Å²) in [5, 5.41) is 3.06. The van der Waals surface area contributed by atoms with E-state index in [1.807, 2.05) is 0 Å². The molecule has 0 bridgehead atoms. The van der Waals surface area contributed by atoms with E-state index in [0.717, 1.165) is 24.9 Å². The zero-order chi connectivity index (χ0) is 13.7. The van der Waals surface area contributed by atoms with Crippen LogP contribution in [-0.2, 0) is 24.1 Å². The molecule has 2 nitrogen and oxygen atoms in total. The summed E-state index contributed by atoms with van der Waals surface area (Å²) in [7, 11) is 0. The molecule has 1 aromatic carbocycles. The zero-order valence-corrected chi connectivity index (χ0v) is 12.2. The van der Waals surface area contributed by atoms with Crippen LogP contribution < -0.4 is 5.32 Å². The minimum absolute atomic E-state index is 0.157. The van der Waals surface area contributed by atoms with Gasteiger partial charge < -0.3 is 5.32 Å². The van der Waals surface area contributed by atoms with Crippen molar-refractivity contribution in [1.29, 1.82) is 0 Å². The van der Waals surface area contributed by atoms with Gasteiger partial charge in [0.15, 0.2) is 0 Å². The summed E-state index contributed by atoms with van der Waals surface area (Å²) in [5.41, 5.74) is 4.08. The predicted octanol–water partition coefficient (Wildman–Crippen LogP) is 3.27. The maximum Gasteiger partial charge on any atom is 0.224 e. The van der Waals surface area contributed by atoms with Crippen molar-refractivity contribution >= 4 is 5.91 Å². The minimum atomic E-state index is 0.157. The Balaban J connectivity index is 1.85. The molecule has 0 unspecified atom stereocenters. The maximum absolute atomic E-state index is 11.9. The Hall–Kier alpha value is -1.31. The van der Waals surface area contributed by atoms with Gasteiger partial charge in [-0.15, -0.1) is 0 Å². The van der Waals surface area contributed by atoms with E-state index in [0.29, 0.717) is 12.3 Å². The first-order valence-corrected chi connectivity index (χ1v) is 7.60. The molecule has 0 radical (unpaired) electrons. The molecule has 0 atom stereocenters. The molecule has 1 N–H and O–H groups in total. The summed E-state index contributed by atoms with van der Waals surface area (Å²) in [6, 6.07) is 6.53. The molecular weight excluding hydrogens is 234 g/mol. The van der Waals surface area contributed by atoms with E-state index in [4.69, 9.17) is 0 Å². The van der Waals surface area contributed by atoms with Crippen LogP contribution >= 0.6 is 0 Å². The Labute approximate surface area is 116 Å². The fourth-order valence-electron chi connectivity index (χ4n) is 2.82. The molecule has 2 heteroatoms. The average Bonchev–Trinajstić information content (AvgIpc) is 2.87. The van der Waals surface area contributed by atoms with Gasteiger partial charge in [-0.2, -0.15) is 0 Å². The van der Waals surface area contributed by atoms with Crippen LogP contribution in [0.4, 0.5) is 0 Å². The van der Waals surface area contributed by atoms with Crippen molar-refractivity contribution in [2.24, 2.45) is 5.92 Å². The first-order valence-electron chi connectivity index (χ1n) is 7.60. The van der Waals surface area contributed by atoms with Gasteiger partial charge in [0.25, 0.3) is 0 Å². The molecule has 0 aliphatic heterocycles. The Morgan fingerprint density at radius 1 is 1.21 bits per heavy atom. The highest BCUT2D eigenvalue weighted by Gasteiger charge is 2.12. The summed E-state index contributed by atoms with van der Waals surface area (Å²) in [6.07, 6.45) is 6.44. The lowest BCUT2D eigenvalue weighted by atomic mass is 10.0. The van der Waals surface area contributed by atoms with Crippen molar-refractivity contribution in [2.75, 3.05) is 6.54 Å². The van der Waals surface area contributed by atoms with Gasteiger partial charge >= 0.3 is 0 Å². The minimum Gasteiger partial charge on any atom is -0.356 e. The van der Waals surface area contributed by atoms with Gasteiger partial charge in [0.05, 0.1) is 6.42 Å². The van der Waals surface area contributed by atoms with E-state index in [1.54, 1.807) is 0 Å². The van der Waals surface area contributed by atoms with E-state index < -0.39 is 0 Å². The second-order valence-electron chi connectivity index (χ2n) is 5.62. The van der Waals surface area contributed by atoms with Crippen LogP contribution in [0.25, 0.3) is 0 Å². The lowest BCUT2D eigenvalue weighted by molar-refractivity contribution is -0.120. The number of hydrogen-bond donors (Lipinski definition) is 1. The third-order valence-electron chi connectivity index (χ3n) is 4.27. The number of rotatable bonds is 6. The van der Waals surface area contributed by atoms with Crippen LogP contribution in [0.15, 0.2) is 18.2 Å². The van der Waals surface area contributed by atoms with Gasteiger partial charge in [-0.3, -0.25) is 4.79 Å². The normalized spacial score (nSPS) is 13.6. The van der Waals surface area contributed by atoms with Crippen molar-refractivity contribution in [2.45, 2.75) is 52.4 Å². The van der Waals surface area contributed by atoms with Crippen molar-refractivity contribution in [3.63, 3.8) is 0 Å². The number of hydrogen-bond acceptors (Lipinski definition) is 1. The summed E-state index contributed by atoms with van der Waals surface area (Å²) in [4.78, 5) is 11.9. The van der Waals surface area contributed by atoms with E-state index in [2.05, 4.69) is 37.4 Å². The highest BCUT2D eigenvalue weighted by atomic mass is 16.1. The topological polar surface area (TPSA) is 29.1 Å². The molecule has 1 aliphatic carbocycles. The Kier molecular flexibility index (Phi) is 5.00. The highest BCUT2D eigenvalue weighted by Crippen LogP contribution is 2.22. The first-order chi connectivity index (χ1) is 9.22. The van der Waals surface area contributed by atoms with E-state index in [1.165, 1.54) is 30.4 Å². The lowest BCUT2D eigenvalue weighted by Crippen LogP contribution is -2.30. The molecule has 0 spiro atoms. The summed E-state index contributed by atoms with van der Waals surface area (Å²) >= 11 is 0. The third-order valence-corrected chi connectivity index (χ3v) is 4.27. The van der Waals surface area contributed by atoms with Crippen LogP contribution in [0, 0.1) is 5.92 Å². The van der Waals surface area contributed by atoms with Crippen molar-refractivity contribution in [3.05, 3.63) is 34.9 Å². The lowest BCUT2D eigenvalue weighted by Gasteiger charge is -2.13. The average molecular weight is 259 g/mol. The summed E-state index contributed by atoms with van der Waals surface area (Å²) in [6.45, 7) is 5.18. The van der Waals surface area contributed by atoms with Crippen LogP contribution in [-0.4, -0.2) is 12.5 Å². The standard InChI is InChI=1S/C17H25NO/c1-3-13(4-2)12-18-17(19)11-14-8-9-15-6-5-7-16(15)10-14/h8-10,13H,3-7,11-12H2,1-2H3,(H,18,19). The molecule has 1 amide bonds. The van der Waals surface area contributed by atoms with E-state index in [-0.39, 0.29) is 5.91 Å². The van der Waals surface area contributed by atoms with Gasteiger partial charge in [0.1, 0.15) is 0 Å². The SMILES string of the molecule is CCC(CC)CNC(=O)Cc1ccc2c(c1)CCC2. The molecule has 19 heavy (non-hydrogen) atoms. The third kappa shape index (κ3) is 3.82. The van der Waals surface area contributed by atoms with Gasteiger partial charge in [0.2, 0.25) is 5.91 Å². The molecule has 0 saturated heterocycles. The number of nitrogens with one attached hydrogen (secondary N) is 1. The van der Waals surface area contributed by atoms with Gasteiger partial charge in [-0.1, -0.05) is 44.9 Å². The number of amides is 1. The van der Waals surface area contributed by atoms with Crippen molar-refractivity contribution in [3.8, 4) is 0 Å². The number of carbonyl (C=O) groups is 1. The zero-order valence-electron chi connectivity index (χ0n) is 12.2. The van der Waals surface area contributed by atoms with Gasteiger partial charge in [0, 0.05) is 6.54 Å². The van der Waals surface area contributed by atoms with Crippen LogP contribution in [0.2, 0.25) is 0 Å². The van der Waals surface area contributed by atoms with Crippen LogP contribution in [0.3, 0.4) is 0 Å². The van der Waals surface area contributed by atoms with E-state index in [9.17, 15) is 4.79 Å². The molecule has 1 aliphatic rings.